The maximum atomic E-state index is 10.8. The van der Waals surface area contributed by atoms with Gasteiger partial charge in [0.2, 0.25) is 0 Å². The van der Waals surface area contributed by atoms with Crippen molar-refractivity contribution in [3.63, 3.8) is 0 Å². The third-order valence-electron chi connectivity index (χ3n) is 11.6. The van der Waals surface area contributed by atoms with Gasteiger partial charge in [-0.15, -0.1) is 35.2 Å². The van der Waals surface area contributed by atoms with Gasteiger partial charge in [-0.25, -0.2) is 0 Å². The van der Waals surface area contributed by atoms with E-state index in [1.807, 2.05) is 13.1 Å². The second-order valence-corrected chi connectivity index (χ2v) is 17.7. The van der Waals surface area contributed by atoms with Crippen LogP contribution in [0.2, 0.25) is 0 Å². The summed E-state index contributed by atoms with van der Waals surface area (Å²) in [7, 11) is 0. The van der Waals surface area contributed by atoms with Crippen molar-refractivity contribution in [2.45, 2.75) is 130 Å². The molecule has 1 saturated carbocycles. The summed E-state index contributed by atoms with van der Waals surface area (Å²) in [4.78, 5) is 15.7. The Morgan fingerprint density at radius 3 is 2.15 bits per heavy atom. The molecule has 0 N–H and O–H groups in total. The fraction of sp³-hybridized carbons (Fsp3) is 0.417. The third kappa shape index (κ3) is 7.76. The molecule has 8 rings (SSSR count). The molecule has 2 aromatic heterocycles. The minimum Gasteiger partial charge on any atom is -0.685 e. The Kier molecular flexibility index (Phi) is 10.9. The molecule has 6 aromatic rings. The Morgan fingerprint density at radius 2 is 1.47 bits per heavy atom. The molecule has 2 aliphatic carbocycles. The topological polar surface area (TPSA) is 57.2 Å². The number of carbonyl (C=O) groups excluding carboxylic acids is 1. The molecule has 1 fully saturated rings. The largest absolute Gasteiger partial charge is 0.685 e. The van der Waals surface area contributed by atoms with E-state index in [0.717, 1.165) is 44.3 Å². The number of hydrogen-bond donors (Lipinski definition) is 0. The third-order valence-corrected chi connectivity index (χ3v) is 11.6. The van der Waals surface area contributed by atoms with E-state index in [9.17, 15) is 4.79 Å². The molecule has 4 nitrogen and oxygen atoms in total. The number of allylic oxidation sites excluding steroid dienone is 2. The molecule has 5 heteroatoms. The van der Waals surface area contributed by atoms with Crippen LogP contribution >= 0.6 is 0 Å². The van der Waals surface area contributed by atoms with Crippen LogP contribution < -0.4 is 0 Å². The van der Waals surface area contributed by atoms with Crippen LogP contribution in [0.15, 0.2) is 83.1 Å². The predicted molar refractivity (Wildman–Crippen MR) is 219 cm³/mol. The van der Waals surface area contributed by atoms with Gasteiger partial charge in [-0.2, -0.15) is 5.70 Å². The number of carbonyl (C=O) groups is 1. The van der Waals surface area contributed by atoms with Crippen LogP contribution in [0, 0.1) is 6.07 Å². The van der Waals surface area contributed by atoms with Gasteiger partial charge in [0.1, 0.15) is 11.2 Å². The minimum absolute atomic E-state index is 0. The first-order valence-electron chi connectivity index (χ1n) is 19.3. The quantitative estimate of drug-likeness (QED) is 0.131. The number of furan rings is 1. The van der Waals surface area contributed by atoms with Gasteiger partial charge in [0.05, 0.1) is 0 Å². The number of hydrogen-bond acceptors (Lipinski definition) is 3. The van der Waals surface area contributed by atoms with Crippen LogP contribution in [-0.2, 0) is 41.1 Å². The molecule has 4 aromatic carbocycles. The number of aromatic nitrogens is 1. The van der Waals surface area contributed by atoms with Gasteiger partial charge in [-0.1, -0.05) is 129 Å². The van der Waals surface area contributed by atoms with Crippen molar-refractivity contribution in [2.24, 2.45) is 0 Å². The Balaban J connectivity index is 0.000000293. The fourth-order valence-corrected chi connectivity index (χ4v) is 8.57. The first-order valence-corrected chi connectivity index (χ1v) is 19.3. The molecule has 2 heterocycles. The van der Waals surface area contributed by atoms with Crippen molar-refractivity contribution in [3.8, 4) is 11.3 Å². The van der Waals surface area contributed by atoms with E-state index in [1.54, 1.807) is 13.0 Å². The van der Waals surface area contributed by atoms with Gasteiger partial charge in [0.25, 0.3) is 0 Å². The Bertz CT molecular complexity index is 2350. The van der Waals surface area contributed by atoms with E-state index < -0.39 is 0 Å². The Labute approximate surface area is 329 Å². The summed E-state index contributed by atoms with van der Waals surface area (Å²) in [5, 5.41) is 11.5. The van der Waals surface area contributed by atoms with Crippen molar-refractivity contribution in [1.82, 2.24) is 4.98 Å². The first-order chi connectivity index (χ1) is 24.6. The zero-order valence-electron chi connectivity index (χ0n) is 33.0. The van der Waals surface area contributed by atoms with Crippen LogP contribution in [-0.4, -0.2) is 16.8 Å². The van der Waals surface area contributed by atoms with Gasteiger partial charge in [-0.3, -0.25) is 9.78 Å². The van der Waals surface area contributed by atoms with Crippen LogP contribution in [0.4, 0.5) is 0 Å². The van der Waals surface area contributed by atoms with Crippen molar-refractivity contribution < 1.29 is 29.3 Å². The molecular formula is C48H54IrN2O2-2. The molecule has 0 saturated heterocycles. The maximum Gasteiger partial charge on any atom is 0.151 e. The summed E-state index contributed by atoms with van der Waals surface area (Å²) in [6.07, 6.45) is 12.3. The van der Waals surface area contributed by atoms with Gasteiger partial charge >= 0.3 is 0 Å². The second-order valence-electron chi connectivity index (χ2n) is 17.7. The molecule has 0 aliphatic heterocycles. The summed E-state index contributed by atoms with van der Waals surface area (Å²) >= 11 is 0. The number of pyridine rings is 1. The van der Waals surface area contributed by atoms with Crippen LogP contribution in [0.3, 0.4) is 0 Å². The van der Waals surface area contributed by atoms with Crippen LogP contribution in [0.1, 0.15) is 124 Å². The molecule has 0 atom stereocenters. The zero-order valence-corrected chi connectivity index (χ0v) is 35.4. The zero-order chi connectivity index (χ0) is 37.0. The molecule has 1 radical (unpaired) electrons. The fourth-order valence-electron chi connectivity index (χ4n) is 8.57. The number of benzene rings is 4. The first kappa shape index (κ1) is 38.9. The molecule has 0 unspecified atom stereocenters. The van der Waals surface area contributed by atoms with E-state index >= 15 is 0 Å². The number of rotatable bonds is 4. The van der Waals surface area contributed by atoms with Crippen molar-refractivity contribution in [1.29, 1.82) is 0 Å². The number of fused-ring (bicyclic) bond motifs is 7. The molecule has 0 amide bonds. The molecule has 0 spiro atoms. The molecule has 0 bridgehead atoms. The summed E-state index contributed by atoms with van der Waals surface area (Å²) in [6.45, 7) is 19.8. The SMILES string of the molecule is CC(=O)/C=C(/C)[N-]C1CCCCC1.CC(C)(C)c1cc(-c2nccc3c2ccc2c4cc5c(cc4oc32)C(C)(C)CCC5(C)C)[c-]c2ccccc12.[Ir]. The van der Waals surface area contributed by atoms with Crippen LogP contribution in [0.25, 0.3) is 60.1 Å². The van der Waals surface area contributed by atoms with Gasteiger partial charge in [0.15, 0.2) is 5.78 Å². The predicted octanol–water partition coefficient (Wildman–Crippen LogP) is 13.6. The van der Waals surface area contributed by atoms with Gasteiger partial charge in [0, 0.05) is 48.2 Å². The molecule has 53 heavy (non-hydrogen) atoms. The molecule has 279 valence electrons. The normalized spacial score (nSPS) is 17.3. The average Bonchev–Trinajstić information content (AvgIpc) is 3.47. The Morgan fingerprint density at radius 1 is 0.830 bits per heavy atom. The van der Waals surface area contributed by atoms with Crippen molar-refractivity contribution >= 4 is 49.3 Å². The monoisotopic (exact) mass is 883 g/mol. The van der Waals surface area contributed by atoms with E-state index in [0.29, 0.717) is 6.04 Å². The van der Waals surface area contributed by atoms with E-state index in [-0.39, 0.29) is 42.1 Å². The molecular weight excluding hydrogens is 829 g/mol. The van der Waals surface area contributed by atoms with Crippen molar-refractivity contribution in [2.75, 3.05) is 0 Å². The van der Waals surface area contributed by atoms with E-state index in [4.69, 9.17) is 9.40 Å². The van der Waals surface area contributed by atoms with E-state index in [2.05, 4.69) is 121 Å². The Hall–Kier alpha value is -3.79. The average molecular weight is 883 g/mol. The number of ketones is 1. The van der Waals surface area contributed by atoms with E-state index in [1.165, 1.54) is 77.8 Å². The standard InChI is InChI=1S/C37H36NO.C11H19NO.Ir/c1-35(2,3)29-19-23(18-22-10-8-9-11-24(22)29)33-25-12-13-26-28-20-30-31(37(6,7)16-15-36(30,4)5)21-32(28)39-34(26)27(25)14-17-38-33;1-9(8-10(2)13)12-11-6-4-3-5-7-11;/h8-14,17,19-21H,15-16H2,1-7H3;8,11H,3-7H2,1-2H3,(H,12,13);/q-1;;/p-1. The summed E-state index contributed by atoms with van der Waals surface area (Å²) in [6, 6.07) is 26.3. The summed E-state index contributed by atoms with van der Waals surface area (Å²) < 4.78 is 6.69. The maximum absolute atomic E-state index is 10.8. The summed E-state index contributed by atoms with van der Waals surface area (Å²) in [5.74, 6) is 0.0945. The second kappa shape index (κ2) is 14.8. The van der Waals surface area contributed by atoms with Gasteiger partial charge in [-0.05, 0) is 76.8 Å². The number of nitrogens with zero attached hydrogens (tertiary/aromatic N) is 2. The van der Waals surface area contributed by atoms with Crippen molar-refractivity contribution in [3.05, 3.63) is 107 Å². The molecule has 2 aliphatic rings. The van der Waals surface area contributed by atoms with Crippen LogP contribution in [0.5, 0.6) is 0 Å². The van der Waals surface area contributed by atoms with Gasteiger partial charge < -0.3 is 9.73 Å². The minimum atomic E-state index is 0. The summed E-state index contributed by atoms with van der Waals surface area (Å²) in [5.41, 5.74) is 9.30. The smallest absolute Gasteiger partial charge is 0.151 e.